The molecule has 2 N–H and O–H groups in total. The van der Waals surface area contributed by atoms with E-state index in [1.54, 1.807) is 0 Å². The molecule has 21 heavy (non-hydrogen) atoms. The third kappa shape index (κ3) is 2.98. The first kappa shape index (κ1) is 13.8. The molecule has 106 valence electrons. The van der Waals surface area contributed by atoms with Crippen LogP contribution >= 0.6 is 0 Å². The second-order valence-electron chi connectivity index (χ2n) is 5.85. The fourth-order valence-electron chi connectivity index (χ4n) is 2.89. The van der Waals surface area contributed by atoms with Gasteiger partial charge in [-0.2, -0.15) is 0 Å². The van der Waals surface area contributed by atoms with Crippen LogP contribution in [0, 0.1) is 13.8 Å². The van der Waals surface area contributed by atoms with Gasteiger partial charge in [0.25, 0.3) is 0 Å². The monoisotopic (exact) mass is 275 g/mol. The first-order valence-electron chi connectivity index (χ1n) is 7.44. The molecule has 0 amide bonds. The lowest BCUT2D eigenvalue weighted by Gasteiger charge is -2.16. The fraction of sp³-hybridized carbons (Fsp3) is 0.200. The van der Waals surface area contributed by atoms with E-state index >= 15 is 0 Å². The number of hydrogen-bond donors (Lipinski definition) is 1. The van der Waals surface area contributed by atoms with Crippen LogP contribution < -0.4 is 5.73 Å². The van der Waals surface area contributed by atoms with Crippen LogP contribution in [0.25, 0.3) is 10.8 Å². The van der Waals surface area contributed by atoms with Gasteiger partial charge in [0.05, 0.1) is 0 Å². The van der Waals surface area contributed by atoms with Gasteiger partial charge in [-0.05, 0) is 47.7 Å². The van der Waals surface area contributed by atoms with E-state index in [9.17, 15) is 0 Å². The van der Waals surface area contributed by atoms with Crippen molar-refractivity contribution in [3.8, 4) is 0 Å². The van der Waals surface area contributed by atoms with Crippen molar-refractivity contribution in [3.05, 3.63) is 82.9 Å². The summed E-state index contributed by atoms with van der Waals surface area (Å²) in [4.78, 5) is 0. The molecule has 1 nitrogen and oxygen atoms in total. The Hall–Kier alpha value is -2.12. The van der Waals surface area contributed by atoms with Crippen molar-refractivity contribution in [3.63, 3.8) is 0 Å². The second-order valence-corrected chi connectivity index (χ2v) is 5.85. The normalized spacial score (nSPS) is 12.5. The van der Waals surface area contributed by atoms with Crippen molar-refractivity contribution in [2.75, 3.05) is 0 Å². The lowest BCUT2D eigenvalue weighted by Crippen LogP contribution is -2.14. The summed E-state index contributed by atoms with van der Waals surface area (Å²) in [6.45, 7) is 4.25. The molecule has 1 atom stereocenters. The van der Waals surface area contributed by atoms with Crippen LogP contribution in [0.2, 0.25) is 0 Å². The Morgan fingerprint density at radius 2 is 1.62 bits per heavy atom. The number of aryl methyl sites for hydroxylation is 2. The third-order valence-corrected chi connectivity index (χ3v) is 4.10. The lowest BCUT2D eigenvalue weighted by molar-refractivity contribution is 0.716. The molecule has 0 aliphatic heterocycles. The van der Waals surface area contributed by atoms with Gasteiger partial charge in [0.2, 0.25) is 0 Å². The van der Waals surface area contributed by atoms with Crippen LogP contribution in [0.5, 0.6) is 0 Å². The van der Waals surface area contributed by atoms with Crippen LogP contribution in [0.3, 0.4) is 0 Å². The maximum atomic E-state index is 6.44. The Balaban J connectivity index is 1.88. The molecule has 0 spiro atoms. The number of nitrogens with two attached hydrogens (primary N) is 1. The zero-order chi connectivity index (χ0) is 14.8. The van der Waals surface area contributed by atoms with E-state index in [1.165, 1.54) is 33.0 Å². The van der Waals surface area contributed by atoms with E-state index < -0.39 is 0 Å². The minimum absolute atomic E-state index is 0.0473. The maximum absolute atomic E-state index is 6.44. The quantitative estimate of drug-likeness (QED) is 0.736. The SMILES string of the molecule is Cc1ccc(C)c(C(N)Cc2ccc3ccccc3c2)c1. The minimum atomic E-state index is 0.0473. The van der Waals surface area contributed by atoms with Gasteiger partial charge >= 0.3 is 0 Å². The third-order valence-electron chi connectivity index (χ3n) is 4.10. The molecule has 3 aromatic carbocycles. The number of fused-ring (bicyclic) bond motifs is 1. The second kappa shape index (κ2) is 5.71. The summed E-state index contributed by atoms with van der Waals surface area (Å²) < 4.78 is 0. The molecular formula is C20H21N. The Labute approximate surface area is 126 Å². The first-order valence-corrected chi connectivity index (χ1v) is 7.44. The zero-order valence-electron chi connectivity index (χ0n) is 12.6. The molecular weight excluding hydrogens is 254 g/mol. The van der Waals surface area contributed by atoms with Crippen LogP contribution in [0.15, 0.2) is 60.7 Å². The van der Waals surface area contributed by atoms with Crippen molar-refractivity contribution < 1.29 is 0 Å². The van der Waals surface area contributed by atoms with Crippen LogP contribution in [0.1, 0.15) is 28.3 Å². The van der Waals surface area contributed by atoms with Gasteiger partial charge in [-0.3, -0.25) is 0 Å². The Bertz CT molecular complexity index is 774. The van der Waals surface area contributed by atoms with Crippen molar-refractivity contribution in [1.82, 2.24) is 0 Å². The van der Waals surface area contributed by atoms with Crippen molar-refractivity contribution >= 4 is 10.8 Å². The van der Waals surface area contributed by atoms with Gasteiger partial charge in [0, 0.05) is 6.04 Å². The largest absolute Gasteiger partial charge is 0.324 e. The van der Waals surface area contributed by atoms with Crippen LogP contribution in [-0.4, -0.2) is 0 Å². The summed E-state index contributed by atoms with van der Waals surface area (Å²) >= 11 is 0. The van der Waals surface area contributed by atoms with Gasteiger partial charge in [-0.1, -0.05) is 66.2 Å². The highest BCUT2D eigenvalue weighted by molar-refractivity contribution is 5.83. The average molecular weight is 275 g/mol. The van der Waals surface area contributed by atoms with Gasteiger partial charge < -0.3 is 5.73 Å². The average Bonchev–Trinajstić information content (AvgIpc) is 2.49. The first-order chi connectivity index (χ1) is 10.1. The predicted molar refractivity (Wildman–Crippen MR) is 90.5 cm³/mol. The number of benzene rings is 3. The molecule has 0 heterocycles. The summed E-state index contributed by atoms with van der Waals surface area (Å²) in [5, 5.41) is 2.56. The van der Waals surface area contributed by atoms with Crippen molar-refractivity contribution in [2.45, 2.75) is 26.3 Å². The summed E-state index contributed by atoms with van der Waals surface area (Å²) in [7, 11) is 0. The highest BCUT2D eigenvalue weighted by Crippen LogP contribution is 2.23. The van der Waals surface area contributed by atoms with Gasteiger partial charge in [0.15, 0.2) is 0 Å². The molecule has 0 saturated heterocycles. The minimum Gasteiger partial charge on any atom is -0.324 e. The highest BCUT2D eigenvalue weighted by Gasteiger charge is 2.10. The lowest BCUT2D eigenvalue weighted by atomic mass is 9.94. The molecule has 0 fully saturated rings. The standard InChI is InChI=1S/C20H21N/c1-14-7-8-15(2)19(11-14)20(21)13-16-9-10-17-5-3-4-6-18(17)12-16/h3-12,20H,13,21H2,1-2H3. The summed E-state index contributed by atoms with van der Waals surface area (Å²) in [5.74, 6) is 0. The molecule has 0 saturated carbocycles. The van der Waals surface area contributed by atoms with E-state index in [4.69, 9.17) is 5.73 Å². The van der Waals surface area contributed by atoms with E-state index in [2.05, 4.69) is 74.5 Å². The predicted octanol–water partition coefficient (Wildman–Crippen LogP) is 4.70. The molecule has 0 aliphatic rings. The molecule has 0 radical (unpaired) electrons. The van der Waals surface area contributed by atoms with Gasteiger partial charge in [-0.25, -0.2) is 0 Å². The Kier molecular flexibility index (Phi) is 3.76. The van der Waals surface area contributed by atoms with E-state index in [-0.39, 0.29) is 6.04 Å². The van der Waals surface area contributed by atoms with Crippen LogP contribution in [-0.2, 0) is 6.42 Å². The van der Waals surface area contributed by atoms with Crippen LogP contribution in [0.4, 0.5) is 0 Å². The van der Waals surface area contributed by atoms with E-state index in [1.807, 2.05) is 0 Å². The van der Waals surface area contributed by atoms with Crippen molar-refractivity contribution in [1.29, 1.82) is 0 Å². The van der Waals surface area contributed by atoms with Gasteiger partial charge in [0.1, 0.15) is 0 Å². The number of rotatable bonds is 3. The molecule has 3 rings (SSSR count). The zero-order valence-corrected chi connectivity index (χ0v) is 12.6. The summed E-state index contributed by atoms with van der Waals surface area (Å²) in [6.07, 6.45) is 0.870. The molecule has 1 heteroatoms. The summed E-state index contributed by atoms with van der Waals surface area (Å²) in [6, 6.07) is 21.6. The van der Waals surface area contributed by atoms with E-state index in [0.29, 0.717) is 0 Å². The molecule has 0 bridgehead atoms. The Morgan fingerprint density at radius 3 is 2.43 bits per heavy atom. The molecule has 1 unspecified atom stereocenters. The molecule has 3 aromatic rings. The van der Waals surface area contributed by atoms with Crippen molar-refractivity contribution in [2.24, 2.45) is 5.73 Å². The fourth-order valence-corrected chi connectivity index (χ4v) is 2.89. The number of hydrogen-bond acceptors (Lipinski definition) is 1. The van der Waals surface area contributed by atoms with Gasteiger partial charge in [-0.15, -0.1) is 0 Å². The maximum Gasteiger partial charge on any atom is 0.0338 e. The summed E-state index contributed by atoms with van der Waals surface area (Å²) in [5.41, 5.74) is 11.5. The highest BCUT2D eigenvalue weighted by atomic mass is 14.6. The topological polar surface area (TPSA) is 26.0 Å². The Morgan fingerprint density at radius 1 is 0.857 bits per heavy atom. The molecule has 0 aromatic heterocycles. The van der Waals surface area contributed by atoms with E-state index in [0.717, 1.165) is 6.42 Å². The molecule has 0 aliphatic carbocycles. The smallest absolute Gasteiger partial charge is 0.0338 e.